The predicted molar refractivity (Wildman–Crippen MR) is 71.9 cm³/mol. The fourth-order valence-electron chi connectivity index (χ4n) is 2.50. The Kier molecular flexibility index (Phi) is 5.69. The van der Waals surface area contributed by atoms with Gasteiger partial charge in [-0.25, -0.2) is 0 Å². The van der Waals surface area contributed by atoms with Gasteiger partial charge >= 0.3 is 0 Å². The second-order valence-electron chi connectivity index (χ2n) is 5.30. The van der Waals surface area contributed by atoms with Crippen LogP contribution in [0.3, 0.4) is 0 Å². The molecule has 1 aliphatic rings. The molecule has 0 radical (unpaired) electrons. The number of piperidine rings is 1. The third-order valence-corrected chi connectivity index (χ3v) is 3.46. The van der Waals surface area contributed by atoms with Crippen LogP contribution in [0.2, 0.25) is 0 Å². The minimum Gasteiger partial charge on any atom is -0.352 e. The Bertz CT molecular complexity index is 268. The second kappa shape index (κ2) is 6.80. The van der Waals surface area contributed by atoms with E-state index in [0.29, 0.717) is 6.54 Å². The fraction of sp³-hybridized carbons (Fsp3) is 0.786. The van der Waals surface area contributed by atoms with E-state index in [1.54, 1.807) is 0 Å². The van der Waals surface area contributed by atoms with Gasteiger partial charge in [0, 0.05) is 13.1 Å². The Hall–Kier alpha value is -0.830. The molecule has 0 spiro atoms. The van der Waals surface area contributed by atoms with Crippen molar-refractivity contribution in [1.82, 2.24) is 10.6 Å². The van der Waals surface area contributed by atoms with Gasteiger partial charge < -0.3 is 10.6 Å². The van der Waals surface area contributed by atoms with Gasteiger partial charge in [0.2, 0.25) is 5.91 Å². The normalized spacial score (nSPS) is 24.2. The molecule has 2 N–H and O–H groups in total. The van der Waals surface area contributed by atoms with Crippen LogP contribution in [0.25, 0.3) is 0 Å². The van der Waals surface area contributed by atoms with Crippen molar-refractivity contribution < 1.29 is 4.79 Å². The molecule has 1 atom stereocenters. The number of carbonyl (C=O) groups is 1. The van der Waals surface area contributed by atoms with Crippen molar-refractivity contribution in [3.05, 3.63) is 11.6 Å². The van der Waals surface area contributed by atoms with Crippen LogP contribution in [-0.2, 0) is 4.79 Å². The van der Waals surface area contributed by atoms with Gasteiger partial charge in [0.1, 0.15) is 0 Å². The number of hydrogen-bond acceptors (Lipinski definition) is 2. The summed E-state index contributed by atoms with van der Waals surface area (Å²) in [4.78, 5) is 12.3. The summed E-state index contributed by atoms with van der Waals surface area (Å²) in [6, 6.07) is 0. The first-order valence-electron chi connectivity index (χ1n) is 6.73. The second-order valence-corrected chi connectivity index (χ2v) is 5.30. The lowest BCUT2D eigenvalue weighted by Crippen LogP contribution is -2.50. The maximum absolute atomic E-state index is 12.3. The lowest BCUT2D eigenvalue weighted by molar-refractivity contribution is -0.132. The van der Waals surface area contributed by atoms with Gasteiger partial charge in [-0.3, -0.25) is 4.79 Å². The van der Waals surface area contributed by atoms with E-state index < -0.39 is 0 Å². The highest BCUT2D eigenvalue weighted by molar-refractivity contribution is 5.83. The zero-order chi connectivity index (χ0) is 12.7. The number of amides is 1. The molecular formula is C14H26N2O. The Morgan fingerprint density at radius 1 is 1.47 bits per heavy atom. The van der Waals surface area contributed by atoms with E-state index in [2.05, 4.69) is 37.5 Å². The van der Waals surface area contributed by atoms with Crippen LogP contribution in [0.1, 0.15) is 46.5 Å². The summed E-state index contributed by atoms with van der Waals surface area (Å²) in [5.74, 6) is 0.226. The molecule has 17 heavy (non-hydrogen) atoms. The Labute approximate surface area is 105 Å². The third kappa shape index (κ3) is 4.15. The molecule has 0 aromatic heterocycles. The summed E-state index contributed by atoms with van der Waals surface area (Å²) >= 11 is 0. The van der Waals surface area contributed by atoms with Crippen LogP contribution in [0.15, 0.2) is 11.6 Å². The number of carbonyl (C=O) groups excluding carboxylic acids is 1. The molecule has 1 amide bonds. The zero-order valence-corrected chi connectivity index (χ0v) is 11.4. The molecule has 1 rings (SSSR count). The van der Waals surface area contributed by atoms with E-state index in [9.17, 15) is 4.79 Å². The minimum absolute atomic E-state index is 0.164. The van der Waals surface area contributed by atoms with E-state index in [1.165, 1.54) is 5.57 Å². The molecule has 1 unspecified atom stereocenters. The monoisotopic (exact) mass is 238 g/mol. The van der Waals surface area contributed by atoms with Crippen molar-refractivity contribution in [2.45, 2.75) is 46.5 Å². The van der Waals surface area contributed by atoms with E-state index in [4.69, 9.17) is 0 Å². The highest BCUT2D eigenvalue weighted by Crippen LogP contribution is 2.31. The van der Waals surface area contributed by atoms with Gasteiger partial charge in [0.05, 0.1) is 5.41 Å². The molecule has 0 aromatic carbocycles. The van der Waals surface area contributed by atoms with Gasteiger partial charge in [-0.1, -0.05) is 25.0 Å². The summed E-state index contributed by atoms with van der Waals surface area (Å²) in [5.41, 5.74) is 1.08. The van der Waals surface area contributed by atoms with E-state index >= 15 is 0 Å². The van der Waals surface area contributed by atoms with Crippen molar-refractivity contribution in [3.63, 3.8) is 0 Å². The van der Waals surface area contributed by atoms with E-state index in [0.717, 1.165) is 38.8 Å². The van der Waals surface area contributed by atoms with Crippen LogP contribution in [0.5, 0.6) is 0 Å². The number of rotatable bonds is 5. The highest BCUT2D eigenvalue weighted by atomic mass is 16.2. The molecule has 98 valence electrons. The van der Waals surface area contributed by atoms with Crippen LogP contribution < -0.4 is 10.6 Å². The largest absolute Gasteiger partial charge is 0.352 e. The number of allylic oxidation sites excluding steroid dienone is 1. The average molecular weight is 238 g/mol. The molecule has 0 aliphatic carbocycles. The zero-order valence-electron chi connectivity index (χ0n) is 11.4. The first-order valence-corrected chi connectivity index (χ1v) is 6.73. The Balaban J connectivity index is 2.57. The molecule has 0 aromatic rings. The summed E-state index contributed by atoms with van der Waals surface area (Å²) in [6.07, 6.45) is 6.25. The molecular weight excluding hydrogens is 212 g/mol. The van der Waals surface area contributed by atoms with Gasteiger partial charge in [-0.15, -0.1) is 0 Å². The first-order chi connectivity index (χ1) is 8.10. The molecule has 1 heterocycles. The van der Waals surface area contributed by atoms with Crippen LogP contribution in [-0.4, -0.2) is 25.5 Å². The maximum atomic E-state index is 12.3. The summed E-state index contributed by atoms with van der Waals surface area (Å²) in [5, 5.41) is 6.42. The van der Waals surface area contributed by atoms with Crippen molar-refractivity contribution in [3.8, 4) is 0 Å². The topological polar surface area (TPSA) is 41.1 Å². The van der Waals surface area contributed by atoms with Crippen LogP contribution in [0, 0.1) is 5.41 Å². The number of hydrogen-bond donors (Lipinski definition) is 2. The third-order valence-electron chi connectivity index (χ3n) is 3.46. The molecule has 3 heteroatoms. The molecule has 0 saturated carbocycles. The highest BCUT2D eigenvalue weighted by Gasteiger charge is 2.38. The molecule has 0 bridgehead atoms. The minimum atomic E-state index is -0.164. The summed E-state index contributed by atoms with van der Waals surface area (Å²) in [6.45, 7) is 8.80. The average Bonchev–Trinajstić information content (AvgIpc) is 2.30. The quantitative estimate of drug-likeness (QED) is 0.721. The molecule has 1 fully saturated rings. The van der Waals surface area contributed by atoms with E-state index in [-0.39, 0.29) is 11.3 Å². The van der Waals surface area contributed by atoms with Crippen molar-refractivity contribution in [2.75, 3.05) is 19.6 Å². The van der Waals surface area contributed by atoms with Crippen molar-refractivity contribution in [2.24, 2.45) is 5.41 Å². The van der Waals surface area contributed by atoms with Gasteiger partial charge in [-0.2, -0.15) is 0 Å². The Morgan fingerprint density at radius 2 is 2.24 bits per heavy atom. The first kappa shape index (κ1) is 14.2. The smallest absolute Gasteiger partial charge is 0.227 e. The van der Waals surface area contributed by atoms with Crippen molar-refractivity contribution in [1.29, 1.82) is 0 Å². The van der Waals surface area contributed by atoms with Gasteiger partial charge in [0.25, 0.3) is 0 Å². The van der Waals surface area contributed by atoms with Gasteiger partial charge in [0.15, 0.2) is 0 Å². The summed E-state index contributed by atoms with van der Waals surface area (Å²) < 4.78 is 0. The van der Waals surface area contributed by atoms with Crippen molar-refractivity contribution >= 4 is 5.91 Å². The van der Waals surface area contributed by atoms with E-state index in [1.807, 2.05) is 0 Å². The van der Waals surface area contributed by atoms with Gasteiger partial charge in [-0.05, 0) is 39.7 Å². The summed E-state index contributed by atoms with van der Waals surface area (Å²) in [7, 11) is 0. The predicted octanol–water partition coefficient (Wildman–Crippen LogP) is 2.24. The van der Waals surface area contributed by atoms with Crippen LogP contribution in [0.4, 0.5) is 0 Å². The standard InChI is InChI=1S/C14H26N2O/c1-4-7-14(8-5-9-15-11-14)13(17)16-10-6-12(2)3/h6,15H,4-5,7-11H2,1-3H3,(H,16,17). The van der Waals surface area contributed by atoms with Crippen LogP contribution >= 0.6 is 0 Å². The lowest BCUT2D eigenvalue weighted by atomic mass is 9.76. The molecule has 1 saturated heterocycles. The number of nitrogens with one attached hydrogen (secondary N) is 2. The molecule has 3 nitrogen and oxygen atoms in total. The molecule has 1 aliphatic heterocycles. The Morgan fingerprint density at radius 3 is 2.76 bits per heavy atom. The SMILES string of the molecule is CCCC1(C(=O)NCC=C(C)C)CCCNC1. The lowest BCUT2D eigenvalue weighted by Gasteiger charge is -2.36. The maximum Gasteiger partial charge on any atom is 0.227 e. The fourth-order valence-corrected chi connectivity index (χ4v) is 2.50.